The molecule has 1 saturated heterocycles. The third-order valence-corrected chi connectivity index (χ3v) is 4.42. The minimum absolute atomic E-state index is 0.366. The smallest absolute Gasteiger partial charge is 0.222 e. The standard InChI is InChI=1S/C18H37N3O/c1-4-5-9-12-20-13-15-21(16-14-20)18(22)10-7-6-8-11-19-17(2)3/h17,19H,4-16H2,1-3H3. The van der Waals surface area contributed by atoms with Gasteiger partial charge in [-0.3, -0.25) is 9.69 Å². The number of unbranched alkanes of at least 4 members (excludes halogenated alkanes) is 4. The van der Waals surface area contributed by atoms with Crippen molar-refractivity contribution in [1.29, 1.82) is 0 Å². The number of piperazine rings is 1. The highest BCUT2D eigenvalue weighted by Crippen LogP contribution is 2.08. The van der Waals surface area contributed by atoms with E-state index >= 15 is 0 Å². The van der Waals surface area contributed by atoms with E-state index in [4.69, 9.17) is 0 Å². The summed E-state index contributed by atoms with van der Waals surface area (Å²) in [5.41, 5.74) is 0. The molecule has 0 spiro atoms. The second kappa shape index (κ2) is 11.9. The van der Waals surface area contributed by atoms with Gasteiger partial charge in [-0.1, -0.05) is 40.0 Å². The van der Waals surface area contributed by atoms with Crippen LogP contribution in [0.15, 0.2) is 0 Å². The summed E-state index contributed by atoms with van der Waals surface area (Å²) in [6, 6.07) is 0.565. The van der Waals surface area contributed by atoms with Gasteiger partial charge in [-0.15, -0.1) is 0 Å². The van der Waals surface area contributed by atoms with Crippen LogP contribution in [0.25, 0.3) is 0 Å². The zero-order valence-electron chi connectivity index (χ0n) is 15.1. The number of hydrogen-bond donors (Lipinski definition) is 1. The van der Waals surface area contributed by atoms with Gasteiger partial charge in [0.2, 0.25) is 5.91 Å². The molecule has 4 nitrogen and oxygen atoms in total. The molecule has 0 unspecified atom stereocenters. The molecule has 130 valence electrons. The summed E-state index contributed by atoms with van der Waals surface area (Å²) in [6.45, 7) is 12.9. The van der Waals surface area contributed by atoms with Crippen LogP contribution >= 0.6 is 0 Å². The predicted octanol–water partition coefficient (Wildman–Crippen LogP) is 2.88. The Morgan fingerprint density at radius 1 is 1.00 bits per heavy atom. The molecule has 0 radical (unpaired) electrons. The van der Waals surface area contributed by atoms with Crippen molar-refractivity contribution in [3.05, 3.63) is 0 Å². The molecule has 1 fully saturated rings. The van der Waals surface area contributed by atoms with Crippen LogP contribution in [0.3, 0.4) is 0 Å². The monoisotopic (exact) mass is 311 g/mol. The first-order chi connectivity index (χ1) is 10.6. The Morgan fingerprint density at radius 3 is 2.36 bits per heavy atom. The Balaban J connectivity index is 2.02. The number of hydrogen-bond acceptors (Lipinski definition) is 3. The Kier molecular flexibility index (Phi) is 10.5. The Morgan fingerprint density at radius 2 is 1.73 bits per heavy atom. The molecular formula is C18H37N3O. The summed E-state index contributed by atoms with van der Waals surface area (Å²) in [5.74, 6) is 0.366. The molecule has 1 aliphatic rings. The van der Waals surface area contributed by atoms with Crippen LogP contribution in [0.1, 0.15) is 65.7 Å². The molecule has 0 aromatic carbocycles. The molecule has 1 rings (SSSR count). The molecule has 0 bridgehead atoms. The van der Waals surface area contributed by atoms with E-state index in [1.54, 1.807) is 0 Å². The van der Waals surface area contributed by atoms with Gasteiger partial charge in [-0.05, 0) is 32.4 Å². The fourth-order valence-electron chi connectivity index (χ4n) is 2.93. The Bertz CT molecular complexity index is 286. The second-order valence-corrected chi connectivity index (χ2v) is 6.85. The molecule has 1 aliphatic heterocycles. The maximum Gasteiger partial charge on any atom is 0.222 e. The third-order valence-electron chi connectivity index (χ3n) is 4.42. The van der Waals surface area contributed by atoms with Crippen molar-refractivity contribution in [1.82, 2.24) is 15.1 Å². The van der Waals surface area contributed by atoms with Gasteiger partial charge >= 0.3 is 0 Å². The molecule has 1 heterocycles. The highest BCUT2D eigenvalue weighted by Gasteiger charge is 2.19. The molecule has 0 aliphatic carbocycles. The number of rotatable bonds is 11. The molecule has 4 heteroatoms. The van der Waals surface area contributed by atoms with Gasteiger partial charge in [0.05, 0.1) is 0 Å². The number of amides is 1. The molecule has 1 N–H and O–H groups in total. The lowest BCUT2D eigenvalue weighted by Crippen LogP contribution is -2.48. The topological polar surface area (TPSA) is 35.6 Å². The maximum atomic E-state index is 12.2. The van der Waals surface area contributed by atoms with Crippen LogP contribution in [0.4, 0.5) is 0 Å². The highest BCUT2D eigenvalue weighted by atomic mass is 16.2. The second-order valence-electron chi connectivity index (χ2n) is 6.85. The highest BCUT2D eigenvalue weighted by molar-refractivity contribution is 5.76. The van der Waals surface area contributed by atoms with Crippen LogP contribution < -0.4 is 5.32 Å². The van der Waals surface area contributed by atoms with Crippen LogP contribution in [0, 0.1) is 0 Å². The third kappa shape index (κ3) is 8.74. The zero-order valence-corrected chi connectivity index (χ0v) is 15.1. The van der Waals surface area contributed by atoms with E-state index in [-0.39, 0.29) is 0 Å². The molecular weight excluding hydrogens is 274 g/mol. The van der Waals surface area contributed by atoms with Crippen molar-refractivity contribution < 1.29 is 4.79 Å². The number of nitrogens with one attached hydrogen (secondary N) is 1. The first-order valence-electron chi connectivity index (χ1n) is 9.37. The van der Waals surface area contributed by atoms with Crippen molar-refractivity contribution in [3.63, 3.8) is 0 Å². The van der Waals surface area contributed by atoms with E-state index in [1.807, 2.05) is 0 Å². The van der Waals surface area contributed by atoms with Crippen molar-refractivity contribution >= 4 is 5.91 Å². The SMILES string of the molecule is CCCCCN1CCN(C(=O)CCCCCNC(C)C)CC1. The van der Waals surface area contributed by atoms with E-state index in [0.29, 0.717) is 11.9 Å². The van der Waals surface area contributed by atoms with E-state index in [0.717, 1.165) is 52.0 Å². The quantitative estimate of drug-likeness (QED) is 0.596. The molecule has 0 saturated carbocycles. The minimum atomic E-state index is 0.366. The van der Waals surface area contributed by atoms with Gasteiger partial charge in [0.15, 0.2) is 0 Å². The Hall–Kier alpha value is -0.610. The summed E-state index contributed by atoms with van der Waals surface area (Å²) in [6.07, 6.45) is 8.01. The number of carbonyl (C=O) groups is 1. The van der Waals surface area contributed by atoms with E-state index < -0.39 is 0 Å². The van der Waals surface area contributed by atoms with Gasteiger partial charge in [0.1, 0.15) is 0 Å². The number of carbonyl (C=O) groups excluding carboxylic acids is 1. The van der Waals surface area contributed by atoms with Crippen molar-refractivity contribution in [2.45, 2.75) is 71.8 Å². The van der Waals surface area contributed by atoms with Gasteiger partial charge in [-0.25, -0.2) is 0 Å². The fraction of sp³-hybridized carbons (Fsp3) is 0.944. The normalized spacial score (nSPS) is 16.5. The molecule has 0 aromatic rings. The first-order valence-corrected chi connectivity index (χ1v) is 9.37. The van der Waals surface area contributed by atoms with Crippen LogP contribution in [-0.2, 0) is 4.79 Å². The molecule has 0 aromatic heterocycles. The largest absolute Gasteiger partial charge is 0.340 e. The van der Waals surface area contributed by atoms with Gasteiger partial charge in [-0.2, -0.15) is 0 Å². The number of nitrogens with zero attached hydrogens (tertiary/aromatic N) is 2. The van der Waals surface area contributed by atoms with Crippen molar-refractivity contribution in [3.8, 4) is 0 Å². The maximum absolute atomic E-state index is 12.2. The van der Waals surface area contributed by atoms with Gasteiger partial charge in [0, 0.05) is 38.6 Å². The fourth-order valence-corrected chi connectivity index (χ4v) is 2.93. The lowest BCUT2D eigenvalue weighted by atomic mass is 10.1. The predicted molar refractivity (Wildman–Crippen MR) is 94.2 cm³/mol. The molecule has 22 heavy (non-hydrogen) atoms. The summed E-state index contributed by atoms with van der Waals surface area (Å²) < 4.78 is 0. The molecule has 0 atom stereocenters. The van der Waals surface area contributed by atoms with Crippen LogP contribution in [-0.4, -0.2) is 61.0 Å². The average Bonchev–Trinajstić information content (AvgIpc) is 2.51. The minimum Gasteiger partial charge on any atom is -0.340 e. The summed E-state index contributed by atoms with van der Waals surface area (Å²) in [5, 5.41) is 3.42. The van der Waals surface area contributed by atoms with Crippen LogP contribution in [0.2, 0.25) is 0 Å². The summed E-state index contributed by atoms with van der Waals surface area (Å²) >= 11 is 0. The van der Waals surface area contributed by atoms with Gasteiger partial charge < -0.3 is 10.2 Å². The first kappa shape index (κ1) is 19.4. The Labute approximate surface area is 137 Å². The van der Waals surface area contributed by atoms with E-state index in [9.17, 15) is 4.79 Å². The van der Waals surface area contributed by atoms with Crippen molar-refractivity contribution in [2.75, 3.05) is 39.3 Å². The molecule has 1 amide bonds. The lowest BCUT2D eigenvalue weighted by Gasteiger charge is -2.34. The lowest BCUT2D eigenvalue weighted by molar-refractivity contribution is -0.133. The zero-order chi connectivity index (χ0) is 16.2. The van der Waals surface area contributed by atoms with Crippen LogP contribution in [0.5, 0.6) is 0 Å². The van der Waals surface area contributed by atoms with Crippen molar-refractivity contribution in [2.24, 2.45) is 0 Å². The summed E-state index contributed by atoms with van der Waals surface area (Å²) in [4.78, 5) is 16.8. The van der Waals surface area contributed by atoms with E-state index in [2.05, 4.69) is 35.9 Å². The van der Waals surface area contributed by atoms with E-state index in [1.165, 1.54) is 32.2 Å². The summed E-state index contributed by atoms with van der Waals surface area (Å²) in [7, 11) is 0. The van der Waals surface area contributed by atoms with Gasteiger partial charge in [0.25, 0.3) is 0 Å². The average molecular weight is 312 g/mol.